The maximum Gasteiger partial charge on any atom is 0.0244 e. The van der Waals surface area contributed by atoms with Crippen molar-refractivity contribution >= 4 is 0 Å². The molecule has 2 nitrogen and oxygen atoms in total. The zero-order chi connectivity index (χ0) is 11.8. The monoisotopic (exact) mass is 208 g/mol. The molecule has 15 heavy (non-hydrogen) atoms. The molecule has 0 heterocycles. The average Bonchev–Trinajstić information content (AvgIpc) is 2.11. The van der Waals surface area contributed by atoms with Gasteiger partial charge in [0.15, 0.2) is 0 Å². The first-order chi connectivity index (χ1) is 6.76. The Morgan fingerprint density at radius 1 is 1.40 bits per heavy atom. The molecule has 1 unspecified atom stereocenters. The quantitative estimate of drug-likeness (QED) is 0.755. The van der Waals surface area contributed by atoms with Crippen LogP contribution in [0, 0.1) is 11.3 Å². The molecule has 0 aliphatic heterocycles. The Morgan fingerprint density at radius 3 is 2.40 bits per heavy atom. The number of nitrogens with two attached hydrogens (primary N) is 1. The fraction of sp³-hybridized carbons (Fsp3) is 0.692. The summed E-state index contributed by atoms with van der Waals surface area (Å²) in [6.07, 6.45) is 2.26. The van der Waals surface area contributed by atoms with Gasteiger partial charge in [-0.05, 0) is 32.5 Å². The molecule has 1 aliphatic carbocycles. The van der Waals surface area contributed by atoms with Crippen LogP contribution in [0.25, 0.3) is 0 Å². The number of hydrogen-bond acceptors (Lipinski definition) is 2. The van der Waals surface area contributed by atoms with Crippen molar-refractivity contribution in [3.05, 3.63) is 22.9 Å². The second kappa shape index (κ2) is 4.01. The van der Waals surface area contributed by atoms with Crippen LogP contribution in [-0.4, -0.2) is 25.5 Å². The lowest BCUT2D eigenvalue weighted by Crippen LogP contribution is -2.35. The Bertz CT molecular complexity index is 308. The second-order valence-corrected chi connectivity index (χ2v) is 5.51. The van der Waals surface area contributed by atoms with Crippen LogP contribution in [-0.2, 0) is 0 Å². The van der Waals surface area contributed by atoms with Crippen LogP contribution in [0.2, 0.25) is 0 Å². The summed E-state index contributed by atoms with van der Waals surface area (Å²) in [5, 5.41) is 0. The van der Waals surface area contributed by atoms with Crippen LogP contribution < -0.4 is 5.73 Å². The van der Waals surface area contributed by atoms with Gasteiger partial charge < -0.3 is 10.6 Å². The van der Waals surface area contributed by atoms with E-state index in [4.69, 9.17) is 5.73 Å². The summed E-state index contributed by atoms with van der Waals surface area (Å²) in [6, 6.07) is 0. The molecule has 0 amide bonds. The van der Waals surface area contributed by atoms with Crippen molar-refractivity contribution in [1.29, 1.82) is 0 Å². The Hall–Kier alpha value is -0.760. The van der Waals surface area contributed by atoms with Gasteiger partial charge in [-0.2, -0.15) is 0 Å². The van der Waals surface area contributed by atoms with Gasteiger partial charge in [0.2, 0.25) is 0 Å². The molecule has 0 bridgehead atoms. The topological polar surface area (TPSA) is 29.3 Å². The van der Waals surface area contributed by atoms with Gasteiger partial charge >= 0.3 is 0 Å². The molecule has 0 aromatic heterocycles. The van der Waals surface area contributed by atoms with Crippen molar-refractivity contribution in [2.45, 2.75) is 27.7 Å². The molecule has 0 radical (unpaired) electrons. The van der Waals surface area contributed by atoms with E-state index < -0.39 is 0 Å². The molecule has 0 fully saturated rings. The number of allylic oxidation sites excluding steroid dienone is 2. The van der Waals surface area contributed by atoms with Gasteiger partial charge in [-0.3, -0.25) is 0 Å². The van der Waals surface area contributed by atoms with E-state index in [0.29, 0.717) is 5.92 Å². The van der Waals surface area contributed by atoms with Gasteiger partial charge in [0.05, 0.1) is 0 Å². The van der Waals surface area contributed by atoms with Crippen molar-refractivity contribution < 1.29 is 0 Å². The van der Waals surface area contributed by atoms with Gasteiger partial charge in [-0.15, -0.1) is 0 Å². The first-order valence-electron chi connectivity index (χ1n) is 5.58. The van der Waals surface area contributed by atoms with Crippen LogP contribution in [0.1, 0.15) is 27.7 Å². The van der Waals surface area contributed by atoms with Crippen LogP contribution in [0.3, 0.4) is 0 Å². The van der Waals surface area contributed by atoms with Crippen molar-refractivity contribution in [2.75, 3.05) is 20.6 Å². The smallest absolute Gasteiger partial charge is 0.0244 e. The molecule has 2 heteroatoms. The third-order valence-corrected chi connectivity index (χ3v) is 3.69. The minimum absolute atomic E-state index is 0.0875. The molecule has 1 aliphatic rings. The first-order valence-corrected chi connectivity index (χ1v) is 5.58. The predicted octanol–water partition coefficient (Wildman–Crippen LogP) is 2.38. The third-order valence-electron chi connectivity index (χ3n) is 3.69. The zero-order valence-corrected chi connectivity index (χ0v) is 10.9. The van der Waals surface area contributed by atoms with Crippen LogP contribution in [0.15, 0.2) is 22.9 Å². The summed E-state index contributed by atoms with van der Waals surface area (Å²) in [7, 11) is 4.16. The zero-order valence-electron chi connectivity index (χ0n) is 10.9. The predicted molar refractivity (Wildman–Crippen MR) is 66.5 cm³/mol. The minimum atomic E-state index is 0.0875. The van der Waals surface area contributed by atoms with E-state index in [1.165, 1.54) is 11.1 Å². The summed E-state index contributed by atoms with van der Waals surface area (Å²) in [4.78, 5) is 2.16. The van der Waals surface area contributed by atoms with Gasteiger partial charge in [-0.1, -0.05) is 32.4 Å². The highest BCUT2D eigenvalue weighted by Crippen LogP contribution is 2.41. The van der Waals surface area contributed by atoms with E-state index in [0.717, 1.165) is 12.2 Å². The SMILES string of the molecule is CC1=CC(CN(C)C)=C(N)C(C)(C)C1C. The van der Waals surface area contributed by atoms with E-state index >= 15 is 0 Å². The molecule has 0 saturated carbocycles. The number of hydrogen-bond donors (Lipinski definition) is 1. The number of likely N-dealkylation sites (N-methyl/N-ethyl adjacent to an activating group) is 1. The standard InChI is InChI=1S/C13H24N2/c1-9-7-11(8-15(5)6)12(14)13(3,4)10(9)2/h7,10H,8,14H2,1-6H3. The normalized spacial score (nSPS) is 25.8. The molecule has 2 N–H and O–H groups in total. The van der Waals surface area contributed by atoms with Crippen LogP contribution in [0.4, 0.5) is 0 Å². The summed E-state index contributed by atoms with van der Waals surface area (Å²) < 4.78 is 0. The lowest BCUT2D eigenvalue weighted by atomic mass is 9.69. The van der Waals surface area contributed by atoms with E-state index in [1.54, 1.807) is 0 Å². The maximum absolute atomic E-state index is 6.27. The molecule has 0 saturated heterocycles. The minimum Gasteiger partial charge on any atom is -0.401 e. The highest BCUT2D eigenvalue weighted by molar-refractivity contribution is 5.38. The van der Waals surface area contributed by atoms with Crippen molar-refractivity contribution in [2.24, 2.45) is 17.1 Å². The molecule has 0 aromatic rings. The van der Waals surface area contributed by atoms with Crippen molar-refractivity contribution in [3.8, 4) is 0 Å². The lowest BCUT2D eigenvalue weighted by molar-refractivity contribution is 0.310. The van der Waals surface area contributed by atoms with Crippen LogP contribution >= 0.6 is 0 Å². The Morgan fingerprint density at radius 2 is 1.93 bits per heavy atom. The fourth-order valence-corrected chi connectivity index (χ4v) is 2.17. The van der Waals surface area contributed by atoms with E-state index in [1.807, 2.05) is 0 Å². The van der Waals surface area contributed by atoms with Crippen molar-refractivity contribution in [3.63, 3.8) is 0 Å². The van der Waals surface area contributed by atoms with Crippen molar-refractivity contribution in [1.82, 2.24) is 4.90 Å². The molecule has 0 spiro atoms. The average molecular weight is 208 g/mol. The highest BCUT2D eigenvalue weighted by atomic mass is 15.1. The first kappa shape index (κ1) is 12.3. The molecular weight excluding hydrogens is 184 g/mol. The highest BCUT2D eigenvalue weighted by Gasteiger charge is 2.34. The molecule has 1 rings (SSSR count). The molecule has 1 atom stereocenters. The molecular formula is C13H24N2. The van der Waals surface area contributed by atoms with Gasteiger partial charge in [0, 0.05) is 17.7 Å². The number of rotatable bonds is 2. The van der Waals surface area contributed by atoms with Gasteiger partial charge in [0.25, 0.3) is 0 Å². The summed E-state index contributed by atoms with van der Waals surface area (Å²) in [5.74, 6) is 0.531. The Kier molecular flexibility index (Phi) is 3.29. The van der Waals surface area contributed by atoms with Crippen LogP contribution in [0.5, 0.6) is 0 Å². The summed E-state index contributed by atoms with van der Waals surface area (Å²) >= 11 is 0. The van der Waals surface area contributed by atoms with E-state index in [2.05, 4.69) is 52.8 Å². The third kappa shape index (κ3) is 2.25. The largest absolute Gasteiger partial charge is 0.401 e. The second-order valence-electron chi connectivity index (χ2n) is 5.51. The van der Waals surface area contributed by atoms with Gasteiger partial charge in [0.1, 0.15) is 0 Å². The Balaban J connectivity index is 3.09. The van der Waals surface area contributed by atoms with E-state index in [9.17, 15) is 0 Å². The van der Waals surface area contributed by atoms with Gasteiger partial charge in [-0.25, -0.2) is 0 Å². The lowest BCUT2D eigenvalue weighted by Gasteiger charge is -2.38. The summed E-state index contributed by atoms with van der Waals surface area (Å²) in [5.41, 5.74) is 10.1. The maximum atomic E-state index is 6.27. The van der Waals surface area contributed by atoms with E-state index in [-0.39, 0.29) is 5.41 Å². The fourth-order valence-electron chi connectivity index (χ4n) is 2.17. The summed E-state index contributed by atoms with van der Waals surface area (Å²) in [6.45, 7) is 9.86. The number of nitrogens with zero attached hydrogens (tertiary/aromatic N) is 1. The molecule has 86 valence electrons. The molecule has 0 aromatic carbocycles. The Labute approximate surface area is 93.8 Å².